The Morgan fingerprint density at radius 2 is 1.93 bits per heavy atom. The molecule has 8 heteroatoms. The van der Waals surface area contributed by atoms with Crippen LogP contribution in [0, 0.1) is 28.6 Å². The Hall–Kier alpha value is -1.15. The smallest absolute Gasteiger partial charge is 0.196 e. The highest BCUT2D eigenvalue weighted by Gasteiger charge is 2.76. The summed E-state index contributed by atoms with van der Waals surface area (Å²) in [6, 6.07) is 0. The molecule has 4 aliphatic rings. The number of alkyl halides is 2. The lowest BCUT2D eigenvalue weighted by Crippen LogP contribution is -2.70. The van der Waals surface area contributed by atoms with Gasteiger partial charge in [-0.05, 0) is 55.7 Å². The highest BCUT2D eigenvalue weighted by atomic mass is 35.5. The lowest BCUT2D eigenvalue weighted by molar-refractivity contribution is -0.223. The lowest BCUT2D eigenvalue weighted by Gasteiger charge is -2.63. The van der Waals surface area contributed by atoms with E-state index >= 15 is 8.78 Å². The van der Waals surface area contributed by atoms with E-state index in [2.05, 4.69) is 0 Å². The van der Waals surface area contributed by atoms with Crippen LogP contribution >= 0.6 is 11.6 Å². The maximum Gasteiger partial charge on any atom is 0.196 e. The van der Waals surface area contributed by atoms with Crippen molar-refractivity contribution in [1.29, 1.82) is 0 Å². The van der Waals surface area contributed by atoms with Gasteiger partial charge in [0, 0.05) is 16.7 Å². The molecule has 0 heterocycles. The van der Waals surface area contributed by atoms with E-state index in [0.717, 1.165) is 6.08 Å². The number of ketones is 2. The molecular weight excluding hydrogens is 418 g/mol. The van der Waals surface area contributed by atoms with Crippen molar-refractivity contribution in [2.75, 3.05) is 6.61 Å². The summed E-state index contributed by atoms with van der Waals surface area (Å²) in [5.74, 6) is -3.59. The van der Waals surface area contributed by atoms with Crippen LogP contribution in [-0.4, -0.2) is 57.0 Å². The number of carbonyl (C=O) groups is 2. The molecule has 166 valence electrons. The zero-order valence-electron chi connectivity index (χ0n) is 17.2. The van der Waals surface area contributed by atoms with E-state index < -0.39 is 70.3 Å². The molecule has 0 saturated heterocycles. The fourth-order valence-corrected chi connectivity index (χ4v) is 7.58. The van der Waals surface area contributed by atoms with E-state index in [4.69, 9.17) is 11.6 Å². The van der Waals surface area contributed by atoms with Gasteiger partial charge in [0.25, 0.3) is 0 Å². The summed E-state index contributed by atoms with van der Waals surface area (Å²) in [6.07, 6.45) is -1.28. The van der Waals surface area contributed by atoms with Crippen LogP contribution in [-0.2, 0) is 9.59 Å². The molecule has 9 atom stereocenters. The van der Waals surface area contributed by atoms with Gasteiger partial charge in [-0.2, -0.15) is 0 Å². The lowest BCUT2D eigenvalue weighted by atomic mass is 9.44. The Morgan fingerprint density at radius 3 is 2.53 bits per heavy atom. The van der Waals surface area contributed by atoms with Crippen molar-refractivity contribution in [1.82, 2.24) is 0 Å². The highest BCUT2D eigenvalue weighted by molar-refractivity contribution is 6.44. The van der Waals surface area contributed by atoms with Crippen molar-refractivity contribution >= 4 is 23.2 Å². The maximum absolute atomic E-state index is 17.0. The molecule has 4 aliphatic carbocycles. The highest BCUT2D eigenvalue weighted by Crippen LogP contribution is 2.71. The SMILES string of the molecule is C[C@@H]1C[C@@H]2[C@H]3C[C@H](F)C4=CC(=O)C(Cl)=C[C@]4(C)[C@@]3(F)[C@@H](O)C[C@]2(C)[C@@]1(O)C(=O)CO. The van der Waals surface area contributed by atoms with Gasteiger partial charge in [-0.15, -0.1) is 0 Å². The molecule has 0 aromatic rings. The number of rotatable bonds is 2. The first-order chi connectivity index (χ1) is 13.8. The first kappa shape index (κ1) is 22.1. The van der Waals surface area contributed by atoms with Crippen LogP contribution in [0.5, 0.6) is 0 Å². The Labute approximate surface area is 178 Å². The number of halogens is 3. The molecule has 4 rings (SSSR count). The van der Waals surface area contributed by atoms with E-state index in [-0.39, 0.29) is 29.9 Å². The zero-order chi connectivity index (χ0) is 22.4. The van der Waals surface area contributed by atoms with Crippen LogP contribution in [0.4, 0.5) is 8.78 Å². The minimum absolute atomic E-state index is 0.0361. The van der Waals surface area contributed by atoms with Crippen molar-refractivity contribution in [2.45, 2.75) is 63.6 Å². The Kier molecular flexibility index (Phi) is 4.73. The Balaban J connectivity index is 1.89. The molecule has 0 amide bonds. The fraction of sp³-hybridized carbons (Fsp3) is 0.727. The predicted molar refractivity (Wildman–Crippen MR) is 105 cm³/mol. The molecule has 0 aliphatic heterocycles. The monoisotopic (exact) mass is 444 g/mol. The number of hydrogen-bond donors (Lipinski definition) is 3. The summed E-state index contributed by atoms with van der Waals surface area (Å²) in [4.78, 5) is 24.6. The number of allylic oxidation sites excluding steroid dienone is 4. The second-order valence-electron chi connectivity index (χ2n) is 9.96. The molecule has 3 fully saturated rings. The van der Waals surface area contributed by atoms with Crippen LogP contribution in [0.25, 0.3) is 0 Å². The van der Waals surface area contributed by atoms with Gasteiger partial charge in [0.05, 0.1) is 11.1 Å². The molecule has 0 radical (unpaired) electrons. The van der Waals surface area contributed by atoms with E-state index in [1.54, 1.807) is 13.8 Å². The number of carbonyl (C=O) groups excluding carboxylic acids is 2. The number of Topliss-reactive ketones (excluding diaryl/α,β-unsaturated/α-hetero) is 1. The summed E-state index contributed by atoms with van der Waals surface area (Å²) < 4.78 is 32.3. The Morgan fingerprint density at radius 1 is 1.30 bits per heavy atom. The van der Waals surface area contributed by atoms with Gasteiger partial charge in [0.1, 0.15) is 18.4 Å². The molecule has 0 spiro atoms. The van der Waals surface area contributed by atoms with Crippen LogP contribution < -0.4 is 0 Å². The predicted octanol–water partition coefficient (Wildman–Crippen LogP) is 2.41. The zero-order valence-corrected chi connectivity index (χ0v) is 17.9. The van der Waals surface area contributed by atoms with Crippen molar-refractivity contribution in [3.05, 3.63) is 22.8 Å². The molecule has 0 aromatic carbocycles. The number of fused-ring (bicyclic) bond motifs is 5. The molecule has 0 bridgehead atoms. The van der Waals surface area contributed by atoms with E-state index in [0.29, 0.717) is 0 Å². The number of aliphatic hydroxyl groups excluding tert-OH is 2. The van der Waals surface area contributed by atoms with Crippen LogP contribution in [0.2, 0.25) is 0 Å². The molecule has 5 nitrogen and oxygen atoms in total. The summed E-state index contributed by atoms with van der Waals surface area (Å²) in [5, 5.41) is 31.7. The van der Waals surface area contributed by atoms with Gasteiger partial charge in [-0.3, -0.25) is 9.59 Å². The van der Waals surface area contributed by atoms with E-state index in [1.807, 2.05) is 0 Å². The summed E-state index contributed by atoms with van der Waals surface area (Å²) in [6.45, 7) is 3.84. The average Bonchev–Trinajstić information content (AvgIpc) is 2.87. The second-order valence-corrected chi connectivity index (χ2v) is 10.4. The summed E-state index contributed by atoms with van der Waals surface area (Å²) in [7, 11) is 0. The van der Waals surface area contributed by atoms with Crippen molar-refractivity contribution in [3.8, 4) is 0 Å². The third-order valence-electron chi connectivity index (χ3n) is 8.84. The molecule has 3 N–H and O–H groups in total. The van der Waals surface area contributed by atoms with Gasteiger partial charge in [-0.25, -0.2) is 8.78 Å². The van der Waals surface area contributed by atoms with E-state index in [9.17, 15) is 24.9 Å². The molecule has 0 aromatic heterocycles. The van der Waals surface area contributed by atoms with Crippen molar-refractivity contribution in [3.63, 3.8) is 0 Å². The van der Waals surface area contributed by atoms with Gasteiger partial charge in [0.15, 0.2) is 17.2 Å². The van der Waals surface area contributed by atoms with Gasteiger partial charge < -0.3 is 15.3 Å². The maximum atomic E-state index is 17.0. The summed E-state index contributed by atoms with van der Waals surface area (Å²) in [5.41, 5.74) is -7.19. The molecule has 3 saturated carbocycles. The minimum Gasteiger partial charge on any atom is -0.390 e. The van der Waals surface area contributed by atoms with Gasteiger partial charge in [0.2, 0.25) is 0 Å². The second kappa shape index (κ2) is 6.44. The van der Waals surface area contributed by atoms with Crippen LogP contribution in [0.15, 0.2) is 22.8 Å². The quantitative estimate of drug-likeness (QED) is 0.608. The number of aliphatic hydroxyl groups is 3. The first-order valence-corrected chi connectivity index (χ1v) is 10.7. The normalized spacial score (nSPS) is 52.7. The minimum atomic E-state index is -2.33. The van der Waals surface area contributed by atoms with Crippen molar-refractivity contribution in [2.24, 2.45) is 28.6 Å². The first-order valence-electron chi connectivity index (χ1n) is 10.3. The molecule has 30 heavy (non-hydrogen) atoms. The van der Waals surface area contributed by atoms with Crippen LogP contribution in [0.1, 0.15) is 40.0 Å². The van der Waals surface area contributed by atoms with Crippen LogP contribution in [0.3, 0.4) is 0 Å². The Bertz CT molecular complexity index is 889. The van der Waals surface area contributed by atoms with Gasteiger partial charge >= 0.3 is 0 Å². The fourth-order valence-electron chi connectivity index (χ4n) is 7.31. The van der Waals surface area contributed by atoms with Gasteiger partial charge in [-0.1, -0.05) is 25.4 Å². The van der Waals surface area contributed by atoms with Crippen molar-refractivity contribution < 1.29 is 33.7 Å². The third-order valence-corrected chi connectivity index (χ3v) is 9.13. The van der Waals surface area contributed by atoms with E-state index in [1.165, 1.54) is 13.0 Å². The standard InChI is InChI=1S/C22H27ClF2O5/c1-10-4-11-12-5-15(24)13-6-16(27)14(23)7-19(13,2)21(12,25)17(28)8-20(11,3)22(10,30)18(29)9-26/h6-7,10-12,15,17,26,28,30H,4-5,8-9H2,1-3H3/t10-,11-,12-,15+,17+,19+,20+,21+,22+/m1/s1. The molecule has 0 unspecified atom stereocenters. The average molecular weight is 445 g/mol. The summed E-state index contributed by atoms with van der Waals surface area (Å²) >= 11 is 6.02. The largest absolute Gasteiger partial charge is 0.390 e. The topological polar surface area (TPSA) is 94.8 Å². The molecular formula is C22H27ClF2O5. The third kappa shape index (κ3) is 2.27. The number of hydrogen-bond acceptors (Lipinski definition) is 5.